The van der Waals surface area contributed by atoms with E-state index in [4.69, 9.17) is 0 Å². The SMILES string of the molecule is C=CC(=C)CC1CCC(C)C(C)C1. The van der Waals surface area contributed by atoms with Crippen molar-refractivity contribution in [1.29, 1.82) is 0 Å². The van der Waals surface area contributed by atoms with Crippen LogP contribution in [0.5, 0.6) is 0 Å². The van der Waals surface area contributed by atoms with Gasteiger partial charge in [-0.25, -0.2) is 0 Å². The van der Waals surface area contributed by atoms with E-state index >= 15 is 0 Å². The lowest BCUT2D eigenvalue weighted by Gasteiger charge is -2.32. The first-order valence-electron chi connectivity index (χ1n) is 5.43. The summed E-state index contributed by atoms with van der Waals surface area (Å²) in [7, 11) is 0. The van der Waals surface area contributed by atoms with Gasteiger partial charge in [0, 0.05) is 0 Å². The fourth-order valence-electron chi connectivity index (χ4n) is 2.30. The molecule has 0 heterocycles. The first kappa shape index (κ1) is 10.6. The first-order chi connectivity index (χ1) is 6.13. The third kappa shape index (κ3) is 3.02. The summed E-state index contributed by atoms with van der Waals surface area (Å²) in [6.07, 6.45) is 7.24. The molecule has 0 aliphatic heterocycles. The molecule has 0 aromatic heterocycles. The molecule has 0 amide bonds. The van der Waals surface area contributed by atoms with Gasteiger partial charge in [-0.1, -0.05) is 45.1 Å². The van der Waals surface area contributed by atoms with Gasteiger partial charge >= 0.3 is 0 Å². The van der Waals surface area contributed by atoms with Gasteiger partial charge in [0.05, 0.1) is 0 Å². The van der Waals surface area contributed by atoms with Gasteiger partial charge in [-0.2, -0.15) is 0 Å². The van der Waals surface area contributed by atoms with E-state index in [1.54, 1.807) is 0 Å². The molecular weight excluding hydrogens is 156 g/mol. The molecule has 13 heavy (non-hydrogen) atoms. The van der Waals surface area contributed by atoms with E-state index in [9.17, 15) is 0 Å². The van der Waals surface area contributed by atoms with E-state index in [-0.39, 0.29) is 0 Å². The quantitative estimate of drug-likeness (QED) is 0.568. The van der Waals surface area contributed by atoms with Gasteiger partial charge < -0.3 is 0 Å². The molecule has 0 aromatic rings. The minimum Gasteiger partial charge on any atom is -0.0988 e. The monoisotopic (exact) mass is 178 g/mol. The zero-order valence-corrected chi connectivity index (χ0v) is 9.05. The Balaban J connectivity index is 2.37. The number of rotatable bonds is 3. The van der Waals surface area contributed by atoms with Crippen LogP contribution in [0.3, 0.4) is 0 Å². The van der Waals surface area contributed by atoms with Crippen molar-refractivity contribution in [1.82, 2.24) is 0 Å². The summed E-state index contributed by atoms with van der Waals surface area (Å²) in [5, 5.41) is 0. The first-order valence-corrected chi connectivity index (χ1v) is 5.43. The Kier molecular flexibility index (Phi) is 3.77. The molecule has 0 heteroatoms. The largest absolute Gasteiger partial charge is 0.0988 e. The molecule has 74 valence electrons. The van der Waals surface area contributed by atoms with Crippen LogP contribution in [0.15, 0.2) is 24.8 Å². The van der Waals surface area contributed by atoms with Crippen LogP contribution < -0.4 is 0 Å². The zero-order chi connectivity index (χ0) is 9.84. The molecular formula is C13H22. The van der Waals surface area contributed by atoms with Crippen molar-refractivity contribution in [2.45, 2.75) is 39.5 Å². The summed E-state index contributed by atoms with van der Waals surface area (Å²) in [4.78, 5) is 0. The van der Waals surface area contributed by atoms with Crippen molar-refractivity contribution in [3.05, 3.63) is 24.8 Å². The molecule has 0 saturated heterocycles. The molecule has 1 fully saturated rings. The smallest absolute Gasteiger partial charge is 0.0256 e. The molecule has 3 unspecified atom stereocenters. The summed E-state index contributed by atoms with van der Waals surface area (Å²) in [6, 6.07) is 0. The lowest BCUT2D eigenvalue weighted by molar-refractivity contribution is 0.208. The molecule has 0 radical (unpaired) electrons. The van der Waals surface area contributed by atoms with Crippen LogP contribution in [-0.2, 0) is 0 Å². The fraction of sp³-hybridized carbons (Fsp3) is 0.692. The summed E-state index contributed by atoms with van der Waals surface area (Å²) >= 11 is 0. The Morgan fingerprint density at radius 1 is 1.31 bits per heavy atom. The van der Waals surface area contributed by atoms with Crippen LogP contribution in [0.1, 0.15) is 39.5 Å². The minimum atomic E-state index is 0.872. The van der Waals surface area contributed by atoms with Crippen molar-refractivity contribution in [2.24, 2.45) is 17.8 Å². The predicted molar refractivity (Wildman–Crippen MR) is 59.6 cm³/mol. The van der Waals surface area contributed by atoms with Crippen LogP contribution >= 0.6 is 0 Å². The molecule has 1 rings (SSSR count). The second kappa shape index (κ2) is 4.64. The number of hydrogen-bond donors (Lipinski definition) is 0. The van der Waals surface area contributed by atoms with Crippen LogP contribution in [0.4, 0.5) is 0 Å². The highest BCUT2D eigenvalue weighted by Gasteiger charge is 2.24. The van der Waals surface area contributed by atoms with Gasteiger partial charge in [0.2, 0.25) is 0 Å². The van der Waals surface area contributed by atoms with E-state index in [0.717, 1.165) is 17.8 Å². The maximum absolute atomic E-state index is 3.99. The van der Waals surface area contributed by atoms with Crippen molar-refractivity contribution in [2.75, 3.05) is 0 Å². The third-order valence-electron chi connectivity index (χ3n) is 3.55. The van der Waals surface area contributed by atoms with Crippen LogP contribution in [0.25, 0.3) is 0 Å². The van der Waals surface area contributed by atoms with Crippen molar-refractivity contribution >= 4 is 0 Å². The van der Waals surface area contributed by atoms with Crippen molar-refractivity contribution < 1.29 is 0 Å². The van der Waals surface area contributed by atoms with E-state index in [1.165, 1.54) is 31.3 Å². The van der Waals surface area contributed by atoms with Gasteiger partial charge in [-0.05, 0) is 37.0 Å². The van der Waals surface area contributed by atoms with Gasteiger partial charge in [0.25, 0.3) is 0 Å². The number of hydrogen-bond acceptors (Lipinski definition) is 0. The standard InChI is InChI=1S/C13H22/c1-5-10(2)8-13-7-6-11(3)12(4)9-13/h5,11-13H,1-2,6-9H2,3-4H3. The zero-order valence-electron chi connectivity index (χ0n) is 9.05. The maximum atomic E-state index is 3.99. The van der Waals surface area contributed by atoms with Crippen LogP contribution in [0, 0.1) is 17.8 Å². The maximum Gasteiger partial charge on any atom is -0.0256 e. The predicted octanol–water partition coefficient (Wildman–Crippen LogP) is 4.19. The molecule has 0 N–H and O–H groups in total. The average Bonchev–Trinajstić information content (AvgIpc) is 2.11. The van der Waals surface area contributed by atoms with Crippen LogP contribution in [0.2, 0.25) is 0 Å². The minimum absolute atomic E-state index is 0.872. The molecule has 1 aliphatic carbocycles. The highest BCUT2D eigenvalue weighted by atomic mass is 14.3. The van der Waals surface area contributed by atoms with Crippen molar-refractivity contribution in [3.63, 3.8) is 0 Å². The van der Waals surface area contributed by atoms with E-state index in [0.29, 0.717) is 0 Å². The molecule has 1 saturated carbocycles. The summed E-state index contributed by atoms with van der Waals surface area (Å²) in [5.41, 5.74) is 1.21. The van der Waals surface area contributed by atoms with Gasteiger partial charge in [0.15, 0.2) is 0 Å². The fourth-order valence-corrected chi connectivity index (χ4v) is 2.30. The highest BCUT2D eigenvalue weighted by Crippen LogP contribution is 2.36. The molecule has 0 aromatic carbocycles. The van der Waals surface area contributed by atoms with Crippen molar-refractivity contribution in [3.8, 4) is 0 Å². The highest BCUT2D eigenvalue weighted by molar-refractivity contribution is 5.11. The van der Waals surface area contributed by atoms with E-state index < -0.39 is 0 Å². The number of allylic oxidation sites excluding steroid dienone is 2. The second-order valence-electron chi connectivity index (χ2n) is 4.70. The Morgan fingerprint density at radius 3 is 2.54 bits per heavy atom. The van der Waals surface area contributed by atoms with Gasteiger partial charge in [-0.15, -0.1) is 0 Å². The lowest BCUT2D eigenvalue weighted by Crippen LogP contribution is -2.20. The molecule has 3 atom stereocenters. The van der Waals surface area contributed by atoms with Gasteiger partial charge in [0.1, 0.15) is 0 Å². The third-order valence-corrected chi connectivity index (χ3v) is 3.55. The van der Waals surface area contributed by atoms with Crippen LogP contribution in [-0.4, -0.2) is 0 Å². The Labute approximate surface area is 82.7 Å². The molecule has 0 spiro atoms. The Bertz CT molecular complexity index is 190. The van der Waals surface area contributed by atoms with E-state index in [2.05, 4.69) is 27.0 Å². The Morgan fingerprint density at radius 2 is 2.00 bits per heavy atom. The molecule has 1 aliphatic rings. The van der Waals surface area contributed by atoms with E-state index in [1.807, 2.05) is 6.08 Å². The lowest BCUT2D eigenvalue weighted by atomic mass is 9.74. The summed E-state index contributed by atoms with van der Waals surface area (Å²) in [6.45, 7) is 12.5. The molecule has 0 bridgehead atoms. The van der Waals surface area contributed by atoms with Gasteiger partial charge in [-0.3, -0.25) is 0 Å². The molecule has 0 nitrogen and oxygen atoms in total. The summed E-state index contributed by atoms with van der Waals surface area (Å²) < 4.78 is 0. The Hall–Kier alpha value is -0.520. The average molecular weight is 178 g/mol. The topological polar surface area (TPSA) is 0 Å². The normalized spacial score (nSPS) is 34.2. The summed E-state index contributed by atoms with van der Waals surface area (Å²) in [5.74, 6) is 2.70. The second-order valence-corrected chi connectivity index (χ2v) is 4.70.